The summed E-state index contributed by atoms with van der Waals surface area (Å²) in [7, 11) is 0. The van der Waals surface area contributed by atoms with E-state index >= 15 is 0 Å². The van der Waals surface area contributed by atoms with E-state index in [9.17, 15) is 36.2 Å². The Kier molecular flexibility index (Phi) is 6.88. The van der Waals surface area contributed by atoms with Crippen LogP contribution in [0.5, 0.6) is 0 Å². The standard InChI is InChI=1S/C27H23F6NO2/c28-26(29,30)25(36,27(31,32)33)21-14-15-23-20(17-21)12-7-13-22(19-10-5-2-6-11-19)34(23)24(35)16-18-8-3-1-4-9-18/h1-6,8-11,14-15,17,22,36H,7,12-13,16H2. The maximum Gasteiger partial charge on any atom is 0.430 e. The molecule has 3 aromatic carbocycles. The van der Waals surface area contributed by atoms with Crippen LogP contribution in [0.2, 0.25) is 0 Å². The number of nitrogens with zero attached hydrogens (tertiary/aromatic N) is 1. The predicted octanol–water partition coefficient (Wildman–Crippen LogP) is 6.65. The highest BCUT2D eigenvalue weighted by Crippen LogP contribution is 2.51. The summed E-state index contributed by atoms with van der Waals surface area (Å²) in [4.78, 5) is 15.1. The molecule has 4 rings (SSSR count). The molecule has 0 aromatic heterocycles. The first-order chi connectivity index (χ1) is 16.9. The minimum Gasteiger partial charge on any atom is -0.369 e. The van der Waals surface area contributed by atoms with Gasteiger partial charge in [-0.3, -0.25) is 4.79 Å². The molecule has 1 aliphatic heterocycles. The smallest absolute Gasteiger partial charge is 0.369 e. The average Bonchev–Trinajstić information content (AvgIpc) is 3.02. The largest absolute Gasteiger partial charge is 0.430 e. The van der Waals surface area contributed by atoms with Crippen LogP contribution in [0.4, 0.5) is 32.0 Å². The molecule has 0 saturated carbocycles. The Balaban J connectivity index is 1.83. The Labute approximate surface area is 204 Å². The first-order valence-corrected chi connectivity index (χ1v) is 11.3. The van der Waals surface area contributed by atoms with E-state index in [1.165, 1.54) is 4.90 Å². The van der Waals surface area contributed by atoms with Crippen LogP contribution in [-0.4, -0.2) is 23.4 Å². The van der Waals surface area contributed by atoms with E-state index in [4.69, 9.17) is 0 Å². The summed E-state index contributed by atoms with van der Waals surface area (Å²) in [5.41, 5.74) is -4.45. The average molecular weight is 507 g/mol. The van der Waals surface area contributed by atoms with Crippen LogP contribution in [0.3, 0.4) is 0 Å². The highest BCUT2D eigenvalue weighted by atomic mass is 19.4. The molecule has 0 radical (unpaired) electrons. The second kappa shape index (κ2) is 9.61. The third-order valence-corrected chi connectivity index (χ3v) is 6.46. The van der Waals surface area contributed by atoms with Gasteiger partial charge in [0.2, 0.25) is 5.91 Å². The summed E-state index contributed by atoms with van der Waals surface area (Å²) < 4.78 is 81.0. The Bertz CT molecular complexity index is 1190. The SMILES string of the molecule is O=C(Cc1ccccc1)N1c2ccc(C(O)(C(F)(F)F)C(F)(F)F)cc2CCCC1c1ccccc1. The number of benzene rings is 3. The van der Waals surface area contributed by atoms with Crippen LogP contribution in [-0.2, 0) is 23.2 Å². The maximum absolute atomic E-state index is 13.6. The molecule has 1 N–H and O–H groups in total. The molecule has 1 aliphatic rings. The summed E-state index contributed by atoms with van der Waals surface area (Å²) in [6, 6.07) is 19.9. The molecule has 0 spiro atoms. The molecule has 36 heavy (non-hydrogen) atoms. The normalized spacial score (nSPS) is 16.9. The number of hydrogen-bond acceptors (Lipinski definition) is 2. The van der Waals surface area contributed by atoms with Crippen molar-refractivity contribution in [1.29, 1.82) is 0 Å². The molecule has 1 heterocycles. The summed E-state index contributed by atoms with van der Waals surface area (Å²) in [5.74, 6) is -0.340. The van der Waals surface area contributed by atoms with Crippen molar-refractivity contribution in [1.82, 2.24) is 0 Å². The van der Waals surface area contributed by atoms with Crippen molar-refractivity contribution in [2.24, 2.45) is 0 Å². The second-order valence-corrected chi connectivity index (χ2v) is 8.79. The Morgan fingerprint density at radius 2 is 1.44 bits per heavy atom. The highest BCUT2D eigenvalue weighted by Gasteiger charge is 2.71. The Hall–Kier alpha value is -3.33. The van der Waals surface area contributed by atoms with Gasteiger partial charge in [0, 0.05) is 11.3 Å². The van der Waals surface area contributed by atoms with Crippen molar-refractivity contribution in [3.05, 3.63) is 101 Å². The summed E-state index contributed by atoms with van der Waals surface area (Å²) in [6.07, 6.45) is -11.0. The van der Waals surface area contributed by atoms with Crippen LogP contribution in [0.15, 0.2) is 78.9 Å². The van der Waals surface area contributed by atoms with E-state index in [2.05, 4.69) is 0 Å². The van der Waals surface area contributed by atoms with Crippen LogP contribution in [0.1, 0.15) is 41.1 Å². The van der Waals surface area contributed by atoms with Crippen LogP contribution in [0.25, 0.3) is 0 Å². The van der Waals surface area contributed by atoms with Crippen molar-refractivity contribution < 1.29 is 36.2 Å². The highest BCUT2D eigenvalue weighted by molar-refractivity contribution is 5.96. The third-order valence-electron chi connectivity index (χ3n) is 6.46. The minimum atomic E-state index is -5.99. The fraction of sp³-hybridized carbons (Fsp3) is 0.296. The molecule has 0 bridgehead atoms. The van der Waals surface area contributed by atoms with Crippen molar-refractivity contribution in [2.45, 2.75) is 49.7 Å². The third kappa shape index (κ3) is 4.72. The van der Waals surface area contributed by atoms with Crippen molar-refractivity contribution in [3.8, 4) is 0 Å². The second-order valence-electron chi connectivity index (χ2n) is 8.79. The lowest BCUT2D eigenvalue weighted by atomic mass is 9.89. The van der Waals surface area contributed by atoms with Gasteiger partial charge in [0.25, 0.3) is 5.60 Å². The number of halogens is 6. The molecule has 0 fully saturated rings. The number of alkyl halides is 6. The van der Waals surface area contributed by atoms with Gasteiger partial charge in [-0.25, -0.2) is 0 Å². The summed E-state index contributed by atoms with van der Waals surface area (Å²) in [5, 5.41) is 9.90. The fourth-order valence-corrected chi connectivity index (χ4v) is 4.67. The molecule has 1 atom stereocenters. The van der Waals surface area contributed by atoms with Crippen LogP contribution in [0, 0.1) is 0 Å². The Morgan fingerprint density at radius 3 is 2.03 bits per heavy atom. The summed E-state index contributed by atoms with van der Waals surface area (Å²) in [6.45, 7) is 0. The number of aliphatic hydroxyl groups is 1. The van der Waals surface area contributed by atoms with Gasteiger partial charge in [-0.05, 0) is 42.0 Å². The van der Waals surface area contributed by atoms with Crippen LogP contribution >= 0.6 is 0 Å². The molecule has 190 valence electrons. The number of fused-ring (bicyclic) bond motifs is 1. The molecule has 1 unspecified atom stereocenters. The molecular weight excluding hydrogens is 484 g/mol. The molecular formula is C27H23F6NO2. The quantitative estimate of drug-likeness (QED) is 0.402. The molecule has 1 amide bonds. The predicted molar refractivity (Wildman–Crippen MR) is 122 cm³/mol. The number of aryl methyl sites for hydroxylation is 1. The van der Waals surface area contributed by atoms with E-state index in [0.717, 1.165) is 23.3 Å². The molecule has 0 aliphatic carbocycles. The number of amides is 1. The number of carbonyl (C=O) groups excluding carboxylic acids is 1. The molecule has 3 aromatic rings. The molecule has 3 nitrogen and oxygen atoms in total. The molecule has 9 heteroatoms. The number of hydrogen-bond donors (Lipinski definition) is 1. The minimum absolute atomic E-state index is 0.000402. The maximum atomic E-state index is 13.6. The number of carbonyl (C=O) groups is 1. The van der Waals surface area contributed by atoms with E-state index in [1.807, 2.05) is 18.2 Å². The lowest BCUT2D eigenvalue weighted by Gasteiger charge is -2.35. The zero-order valence-corrected chi connectivity index (χ0v) is 19.0. The van der Waals surface area contributed by atoms with Crippen molar-refractivity contribution in [2.75, 3.05) is 4.90 Å². The lowest BCUT2D eigenvalue weighted by molar-refractivity contribution is -0.376. The zero-order chi connectivity index (χ0) is 26.1. The van der Waals surface area contributed by atoms with Gasteiger partial charge in [0.1, 0.15) is 0 Å². The first-order valence-electron chi connectivity index (χ1n) is 11.3. The van der Waals surface area contributed by atoms with Gasteiger partial charge in [0.05, 0.1) is 12.5 Å². The van der Waals surface area contributed by atoms with Gasteiger partial charge < -0.3 is 10.0 Å². The number of anilines is 1. The topological polar surface area (TPSA) is 40.5 Å². The fourth-order valence-electron chi connectivity index (χ4n) is 4.67. The first kappa shape index (κ1) is 25.8. The van der Waals surface area contributed by atoms with E-state index in [-0.39, 0.29) is 30.0 Å². The van der Waals surface area contributed by atoms with Crippen LogP contribution < -0.4 is 4.90 Å². The van der Waals surface area contributed by atoms with Crippen molar-refractivity contribution >= 4 is 11.6 Å². The molecule has 0 saturated heterocycles. The van der Waals surface area contributed by atoms with Gasteiger partial charge >= 0.3 is 12.4 Å². The van der Waals surface area contributed by atoms with Crippen molar-refractivity contribution in [3.63, 3.8) is 0 Å². The van der Waals surface area contributed by atoms with E-state index in [0.29, 0.717) is 18.9 Å². The van der Waals surface area contributed by atoms with Gasteiger partial charge in [0.15, 0.2) is 0 Å². The monoisotopic (exact) mass is 507 g/mol. The van der Waals surface area contributed by atoms with Gasteiger partial charge in [-0.2, -0.15) is 26.3 Å². The number of rotatable bonds is 4. The summed E-state index contributed by atoms with van der Waals surface area (Å²) >= 11 is 0. The van der Waals surface area contributed by atoms with Gasteiger partial charge in [-0.15, -0.1) is 0 Å². The Morgan fingerprint density at radius 1 is 0.861 bits per heavy atom. The van der Waals surface area contributed by atoms with E-state index < -0.39 is 29.6 Å². The van der Waals surface area contributed by atoms with Gasteiger partial charge in [-0.1, -0.05) is 72.8 Å². The lowest BCUT2D eigenvalue weighted by Crippen LogP contribution is -2.54. The van der Waals surface area contributed by atoms with E-state index in [1.54, 1.807) is 42.5 Å². The zero-order valence-electron chi connectivity index (χ0n) is 19.0.